The van der Waals surface area contributed by atoms with E-state index in [9.17, 15) is 4.79 Å². The third-order valence-corrected chi connectivity index (χ3v) is 4.23. The lowest BCUT2D eigenvalue weighted by Crippen LogP contribution is -2.44. The molecule has 1 heterocycles. The molecule has 0 radical (unpaired) electrons. The molecular weight excluding hydrogens is 266 g/mol. The van der Waals surface area contributed by atoms with E-state index in [4.69, 9.17) is 10.9 Å². The maximum Gasteiger partial charge on any atom is 0.227 e. The molecular formula is C16H23N3O2. The van der Waals surface area contributed by atoms with Crippen LogP contribution in [0, 0.1) is 19.8 Å². The number of nitrogens with zero attached hydrogens (tertiary/aromatic N) is 2. The summed E-state index contributed by atoms with van der Waals surface area (Å²) < 4.78 is 0. The topological polar surface area (TPSA) is 78.9 Å². The number of benzene rings is 1. The molecule has 0 saturated carbocycles. The van der Waals surface area contributed by atoms with Crippen LogP contribution in [0.3, 0.4) is 0 Å². The monoisotopic (exact) mass is 289 g/mol. The van der Waals surface area contributed by atoms with E-state index >= 15 is 0 Å². The summed E-state index contributed by atoms with van der Waals surface area (Å²) >= 11 is 0. The van der Waals surface area contributed by atoms with Crippen molar-refractivity contribution in [3.63, 3.8) is 0 Å². The second-order valence-electron chi connectivity index (χ2n) is 5.80. The second-order valence-corrected chi connectivity index (χ2v) is 5.80. The number of oxime groups is 1. The average Bonchev–Trinajstić information content (AvgIpc) is 2.50. The predicted molar refractivity (Wildman–Crippen MR) is 82.3 cm³/mol. The minimum absolute atomic E-state index is 0.0348. The normalized spacial score (nSPS) is 19.6. The number of likely N-dealkylation sites (tertiary alicyclic amines) is 1. The Balaban J connectivity index is 2.01. The summed E-state index contributed by atoms with van der Waals surface area (Å²) in [5.41, 5.74) is 9.13. The lowest BCUT2D eigenvalue weighted by atomic mass is 9.96. The van der Waals surface area contributed by atoms with Crippen molar-refractivity contribution in [2.24, 2.45) is 16.8 Å². The summed E-state index contributed by atoms with van der Waals surface area (Å²) in [5, 5.41) is 11.8. The van der Waals surface area contributed by atoms with Gasteiger partial charge in [-0.25, -0.2) is 0 Å². The highest BCUT2D eigenvalue weighted by Gasteiger charge is 2.26. The Bertz CT molecular complexity index is 554. The van der Waals surface area contributed by atoms with Crippen LogP contribution in [0.1, 0.15) is 29.5 Å². The summed E-state index contributed by atoms with van der Waals surface area (Å²) in [6.45, 7) is 5.41. The average molecular weight is 289 g/mol. The van der Waals surface area contributed by atoms with Crippen molar-refractivity contribution >= 4 is 11.7 Å². The smallest absolute Gasteiger partial charge is 0.227 e. The van der Waals surface area contributed by atoms with Crippen LogP contribution in [0.4, 0.5) is 0 Å². The minimum Gasteiger partial charge on any atom is -0.409 e. The van der Waals surface area contributed by atoms with Crippen molar-refractivity contribution in [2.45, 2.75) is 33.1 Å². The molecule has 0 spiro atoms. The van der Waals surface area contributed by atoms with Gasteiger partial charge < -0.3 is 15.8 Å². The van der Waals surface area contributed by atoms with E-state index in [1.54, 1.807) is 0 Å². The van der Waals surface area contributed by atoms with E-state index in [0.29, 0.717) is 13.0 Å². The number of aryl methyl sites for hydroxylation is 2. The molecule has 114 valence electrons. The van der Waals surface area contributed by atoms with Crippen molar-refractivity contribution in [1.82, 2.24) is 4.90 Å². The molecule has 5 heteroatoms. The van der Waals surface area contributed by atoms with E-state index in [1.807, 2.05) is 17.0 Å². The first-order chi connectivity index (χ1) is 10.0. The van der Waals surface area contributed by atoms with Crippen LogP contribution in [0.5, 0.6) is 0 Å². The number of hydrogen-bond donors (Lipinski definition) is 2. The SMILES string of the molecule is Cc1ccc(CC(=O)N2CCCC(C(N)=NO)C2)cc1C. The fraction of sp³-hybridized carbons (Fsp3) is 0.500. The molecule has 1 aromatic carbocycles. The van der Waals surface area contributed by atoms with Gasteiger partial charge in [0.05, 0.1) is 6.42 Å². The Morgan fingerprint density at radius 1 is 1.43 bits per heavy atom. The number of amidine groups is 1. The minimum atomic E-state index is -0.0348. The molecule has 1 aliphatic rings. The number of carbonyl (C=O) groups excluding carboxylic acids is 1. The van der Waals surface area contributed by atoms with Crippen LogP contribution in [0.25, 0.3) is 0 Å². The molecule has 2 rings (SSSR count). The number of hydrogen-bond acceptors (Lipinski definition) is 3. The van der Waals surface area contributed by atoms with E-state index < -0.39 is 0 Å². The summed E-state index contributed by atoms with van der Waals surface area (Å²) in [4.78, 5) is 14.2. The standard InChI is InChI=1S/C16H23N3O2/c1-11-5-6-13(8-12(11)2)9-15(20)19-7-3-4-14(10-19)16(17)18-21/h5-6,8,14,21H,3-4,7,9-10H2,1-2H3,(H2,17,18). The molecule has 0 aromatic heterocycles. The lowest BCUT2D eigenvalue weighted by Gasteiger charge is -2.32. The van der Waals surface area contributed by atoms with Gasteiger partial charge in [0.15, 0.2) is 0 Å². The third-order valence-electron chi connectivity index (χ3n) is 4.23. The Morgan fingerprint density at radius 3 is 2.86 bits per heavy atom. The summed E-state index contributed by atoms with van der Waals surface area (Å²) in [6.07, 6.45) is 2.16. The van der Waals surface area contributed by atoms with Gasteiger partial charge in [0.1, 0.15) is 5.84 Å². The lowest BCUT2D eigenvalue weighted by molar-refractivity contribution is -0.131. The molecule has 1 amide bonds. The van der Waals surface area contributed by atoms with Gasteiger partial charge >= 0.3 is 0 Å². The van der Waals surface area contributed by atoms with Crippen LogP contribution in [0.2, 0.25) is 0 Å². The van der Waals surface area contributed by atoms with Gasteiger partial charge in [-0.05, 0) is 43.4 Å². The molecule has 21 heavy (non-hydrogen) atoms. The molecule has 0 bridgehead atoms. The van der Waals surface area contributed by atoms with Crippen molar-refractivity contribution in [3.8, 4) is 0 Å². The maximum atomic E-state index is 12.4. The first-order valence-corrected chi connectivity index (χ1v) is 7.32. The van der Waals surface area contributed by atoms with E-state index in [0.717, 1.165) is 24.9 Å². The highest BCUT2D eigenvalue weighted by atomic mass is 16.4. The first kappa shape index (κ1) is 15.4. The number of rotatable bonds is 3. The maximum absolute atomic E-state index is 12.4. The van der Waals surface area contributed by atoms with Gasteiger partial charge in [0.25, 0.3) is 0 Å². The molecule has 1 fully saturated rings. The number of nitrogens with two attached hydrogens (primary N) is 1. The fourth-order valence-corrected chi connectivity index (χ4v) is 2.73. The molecule has 1 atom stereocenters. The van der Waals surface area contributed by atoms with Crippen molar-refractivity contribution in [2.75, 3.05) is 13.1 Å². The summed E-state index contributed by atoms with van der Waals surface area (Å²) in [6, 6.07) is 6.12. The quantitative estimate of drug-likeness (QED) is 0.385. The highest BCUT2D eigenvalue weighted by molar-refractivity contribution is 5.84. The fourth-order valence-electron chi connectivity index (χ4n) is 2.73. The molecule has 5 nitrogen and oxygen atoms in total. The van der Waals surface area contributed by atoms with Gasteiger partial charge in [-0.15, -0.1) is 0 Å². The Kier molecular flexibility index (Phi) is 4.83. The summed E-state index contributed by atoms with van der Waals surface area (Å²) in [5.74, 6) is 0.292. The van der Waals surface area contributed by atoms with E-state index in [-0.39, 0.29) is 17.7 Å². The number of piperidine rings is 1. The van der Waals surface area contributed by atoms with Crippen molar-refractivity contribution < 1.29 is 10.0 Å². The Morgan fingerprint density at radius 2 is 2.19 bits per heavy atom. The molecule has 3 N–H and O–H groups in total. The first-order valence-electron chi connectivity index (χ1n) is 7.32. The van der Waals surface area contributed by atoms with Crippen LogP contribution in [-0.4, -0.2) is 34.9 Å². The molecule has 1 saturated heterocycles. The molecule has 1 aromatic rings. The zero-order valence-corrected chi connectivity index (χ0v) is 12.7. The van der Waals surface area contributed by atoms with E-state index in [1.165, 1.54) is 11.1 Å². The van der Waals surface area contributed by atoms with Crippen LogP contribution in [0.15, 0.2) is 23.4 Å². The number of carbonyl (C=O) groups is 1. The van der Waals surface area contributed by atoms with Gasteiger partial charge in [-0.2, -0.15) is 0 Å². The molecule has 1 unspecified atom stereocenters. The van der Waals surface area contributed by atoms with Crippen molar-refractivity contribution in [1.29, 1.82) is 0 Å². The van der Waals surface area contributed by atoms with Crippen molar-refractivity contribution in [3.05, 3.63) is 34.9 Å². The van der Waals surface area contributed by atoms with Crippen LogP contribution >= 0.6 is 0 Å². The predicted octanol–water partition coefficient (Wildman–Crippen LogP) is 1.83. The van der Waals surface area contributed by atoms with Gasteiger partial charge in [0, 0.05) is 19.0 Å². The zero-order chi connectivity index (χ0) is 15.4. The van der Waals surface area contributed by atoms with Gasteiger partial charge in [0.2, 0.25) is 5.91 Å². The molecule has 0 aliphatic carbocycles. The number of amides is 1. The van der Waals surface area contributed by atoms with Gasteiger partial charge in [-0.1, -0.05) is 23.4 Å². The van der Waals surface area contributed by atoms with Crippen LogP contribution < -0.4 is 5.73 Å². The van der Waals surface area contributed by atoms with Crippen LogP contribution in [-0.2, 0) is 11.2 Å². The van der Waals surface area contributed by atoms with Gasteiger partial charge in [-0.3, -0.25) is 4.79 Å². The largest absolute Gasteiger partial charge is 0.409 e. The molecule has 1 aliphatic heterocycles. The Hall–Kier alpha value is -2.04. The second kappa shape index (κ2) is 6.61. The third kappa shape index (κ3) is 3.74. The highest BCUT2D eigenvalue weighted by Crippen LogP contribution is 2.18. The Labute approximate surface area is 125 Å². The summed E-state index contributed by atoms with van der Waals surface area (Å²) in [7, 11) is 0. The zero-order valence-electron chi connectivity index (χ0n) is 12.7. The van der Waals surface area contributed by atoms with E-state index in [2.05, 4.69) is 25.1 Å².